The summed E-state index contributed by atoms with van der Waals surface area (Å²) in [7, 11) is 0. The van der Waals surface area contributed by atoms with Gasteiger partial charge in [-0.2, -0.15) is 0 Å². The summed E-state index contributed by atoms with van der Waals surface area (Å²) < 4.78 is 1.49. The fourth-order valence-electron chi connectivity index (χ4n) is 1.31. The molecule has 0 atom stereocenters. The van der Waals surface area contributed by atoms with Crippen LogP contribution < -0.4 is 5.32 Å². The molecule has 1 rings (SSSR count). The molecule has 0 saturated carbocycles. The highest BCUT2D eigenvalue weighted by atomic mass is 16.6. The standard InChI is InChI=1S/C9H13N3O4/c1-2-11-6-7(12(15)16)5-8(11)9(14)10-3-4-13/h5-6,13H,2-4H2,1H3,(H,10,14). The summed E-state index contributed by atoms with van der Waals surface area (Å²) in [4.78, 5) is 21.5. The first-order valence-electron chi connectivity index (χ1n) is 4.83. The number of aromatic nitrogens is 1. The quantitative estimate of drug-likeness (QED) is 0.552. The van der Waals surface area contributed by atoms with E-state index >= 15 is 0 Å². The molecule has 0 spiro atoms. The SMILES string of the molecule is CCn1cc([N+](=O)[O-])cc1C(=O)NCCO. The Morgan fingerprint density at radius 2 is 2.38 bits per heavy atom. The van der Waals surface area contributed by atoms with Crippen molar-refractivity contribution in [3.8, 4) is 0 Å². The van der Waals surface area contributed by atoms with Gasteiger partial charge in [0.25, 0.3) is 11.6 Å². The number of aliphatic hydroxyl groups is 1. The minimum absolute atomic E-state index is 0.115. The van der Waals surface area contributed by atoms with Gasteiger partial charge in [0.05, 0.1) is 17.7 Å². The first-order chi connectivity index (χ1) is 7.60. The lowest BCUT2D eigenvalue weighted by Crippen LogP contribution is -2.28. The van der Waals surface area contributed by atoms with E-state index in [2.05, 4.69) is 5.32 Å². The number of carbonyl (C=O) groups is 1. The Morgan fingerprint density at radius 3 is 2.88 bits per heavy atom. The smallest absolute Gasteiger partial charge is 0.287 e. The molecule has 16 heavy (non-hydrogen) atoms. The Kier molecular flexibility index (Phi) is 4.01. The molecule has 0 aromatic carbocycles. The van der Waals surface area contributed by atoms with Gasteiger partial charge in [-0.05, 0) is 6.92 Å². The van der Waals surface area contributed by atoms with Crippen molar-refractivity contribution < 1.29 is 14.8 Å². The van der Waals surface area contributed by atoms with E-state index in [-0.39, 0.29) is 24.5 Å². The summed E-state index contributed by atoms with van der Waals surface area (Å²) in [6.45, 7) is 2.21. The normalized spacial score (nSPS) is 10.1. The first kappa shape index (κ1) is 12.2. The number of amides is 1. The van der Waals surface area contributed by atoms with E-state index in [4.69, 9.17) is 5.11 Å². The van der Waals surface area contributed by atoms with Crippen LogP contribution in [0.25, 0.3) is 0 Å². The summed E-state index contributed by atoms with van der Waals surface area (Å²) >= 11 is 0. The van der Waals surface area contributed by atoms with Crippen LogP contribution in [0.3, 0.4) is 0 Å². The predicted octanol–water partition coefficient (Wildman–Crippen LogP) is 0.138. The van der Waals surface area contributed by atoms with Crippen molar-refractivity contribution in [2.45, 2.75) is 13.5 Å². The molecule has 0 radical (unpaired) electrons. The van der Waals surface area contributed by atoms with E-state index in [1.165, 1.54) is 16.8 Å². The van der Waals surface area contributed by atoms with E-state index in [1.807, 2.05) is 0 Å². The molecule has 88 valence electrons. The number of rotatable bonds is 5. The maximum absolute atomic E-state index is 11.6. The van der Waals surface area contributed by atoms with Gasteiger partial charge >= 0.3 is 0 Å². The lowest BCUT2D eigenvalue weighted by atomic mass is 10.4. The number of hydrogen-bond acceptors (Lipinski definition) is 4. The van der Waals surface area contributed by atoms with Crippen LogP contribution in [0.2, 0.25) is 0 Å². The second kappa shape index (κ2) is 5.26. The molecule has 0 aliphatic rings. The summed E-state index contributed by atoms with van der Waals surface area (Å²) in [5, 5.41) is 21.5. The third-order valence-electron chi connectivity index (χ3n) is 2.06. The minimum atomic E-state index is -0.547. The number of nitrogens with zero attached hydrogens (tertiary/aromatic N) is 2. The topological polar surface area (TPSA) is 97.4 Å². The van der Waals surface area contributed by atoms with Gasteiger partial charge in [-0.3, -0.25) is 14.9 Å². The fraction of sp³-hybridized carbons (Fsp3) is 0.444. The zero-order chi connectivity index (χ0) is 12.1. The van der Waals surface area contributed by atoms with Crippen molar-refractivity contribution in [3.05, 3.63) is 28.1 Å². The summed E-state index contributed by atoms with van der Waals surface area (Å²) in [6.07, 6.45) is 1.31. The van der Waals surface area contributed by atoms with E-state index in [1.54, 1.807) is 6.92 Å². The molecule has 0 fully saturated rings. The van der Waals surface area contributed by atoms with Crippen LogP contribution in [0.5, 0.6) is 0 Å². The van der Waals surface area contributed by atoms with Crippen LogP contribution in [0.1, 0.15) is 17.4 Å². The second-order valence-electron chi connectivity index (χ2n) is 3.11. The monoisotopic (exact) mass is 227 g/mol. The summed E-state index contributed by atoms with van der Waals surface area (Å²) in [6, 6.07) is 1.22. The van der Waals surface area contributed by atoms with Gasteiger partial charge < -0.3 is 15.0 Å². The first-order valence-corrected chi connectivity index (χ1v) is 4.83. The Balaban J connectivity index is 2.93. The van der Waals surface area contributed by atoms with Gasteiger partial charge in [-0.1, -0.05) is 0 Å². The number of carbonyl (C=O) groups excluding carboxylic acids is 1. The largest absolute Gasteiger partial charge is 0.395 e. The summed E-state index contributed by atoms with van der Waals surface area (Å²) in [5.74, 6) is -0.427. The van der Waals surface area contributed by atoms with Crippen molar-refractivity contribution in [1.29, 1.82) is 0 Å². The number of hydrogen-bond donors (Lipinski definition) is 2. The highest BCUT2D eigenvalue weighted by Gasteiger charge is 2.17. The van der Waals surface area contributed by atoms with Gasteiger partial charge in [0.2, 0.25) is 0 Å². The number of nitrogens with one attached hydrogen (secondary N) is 1. The highest BCUT2D eigenvalue weighted by molar-refractivity contribution is 5.93. The fourth-order valence-corrected chi connectivity index (χ4v) is 1.31. The number of aliphatic hydroxyl groups excluding tert-OH is 1. The lowest BCUT2D eigenvalue weighted by Gasteiger charge is -2.05. The molecule has 7 nitrogen and oxygen atoms in total. The molecule has 2 N–H and O–H groups in total. The van der Waals surface area contributed by atoms with Crippen LogP contribution in [-0.2, 0) is 6.54 Å². The van der Waals surface area contributed by atoms with E-state index in [0.717, 1.165) is 0 Å². The zero-order valence-corrected chi connectivity index (χ0v) is 8.84. The molecular weight excluding hydrogens is 214 g/mol. The molecule has 1 aromatic heterocycles. The maximum Gasteiger partial charge on any atom is 0.287 e. The third-order valence-corrected chi connectivity index (χ3v) is 2.06. The zero-order valence-electron chi connectivity index (χ0n) is 8.84. The third kappa shape index (κ3) is 2.57. The molecule has 0 aliphatic carbocycles. The van der Waals surface area contributed by atoms with Crippen LogP contribution in [0.4, 0.5) is 5.69 Å². The van der Waals surface area contributed by atoms with Gasteiger partial charge in [0, 0.05) is 19.2 Å². The van der Waals surface area contributed by atoms with Crippen molar-refractivity contribution in [2.75, 3.05) is 13.2 Å². The van der Waals surface area contributed by atoms with E-state index < -0.39 is 10.8 Å². The molecular formula is C9H13N3O4. The molecule has 0 saturated heterocycles. The highest BCUT2D eigenvalue weighted by Crippen LogP contribution is 2.16. The molecule has 0 bridgehead atoms. The van der Waals surface area contributed by atoms with Crippen LogP contribution in [0, 0.1) is 10.1 Å². The Bertz CT molecular complexity index is 399. The van der Waals surface area contributed by atoms with Crippen molar-refractivity contribution in [3.63, 3.8) is 0 Å². The molecule has 1 aromatic rings. The molecule has 1 amide bonds. The lowest BCUT2D eigenvalue weighted by molar-refractivity contribution is -0.384. The summed E-state index contributed by atoms with van der Waals surface area (Å²) in [5.41, 5.74) is 0.110. The van der Waals surface area contributed by atoms with Gasteiger partial charge in [-0.15, -0.1) is 0 Å². The average Bonchev–Trinajstić information content (AvgIpc) is 2.69. The number of aryl methyl sites for hydroxylation is 1. The molecule has 7 heteroatoms. The molecule has 1 heterocycles. The van der Waals surface area contributed by atoms with Crippen LogP contribution >= 0.6 is 0 Å². The molecule has 0 unspecified atom stereocenters. The Labute approximate surface area is 91.8 Å². The van der Waals surface area contributed by atoms with Crippen LogP contribution in [-0.4, -0.2) is 33.7 Å². The second-order valence-corrected chi connectivity index (χ2v) is 3.11. The Morgan fingerprint density at radius 1 is 1.69 bits per heavy atom. The van der Waals surface area contributed by atoms with Gasteiger partial charge in [0.1, 0.15) is 5.69 Å². The predicted molar refractivity (Wildman–Crippen MR) is 56.2 cm³/mol. The van der Waals surface area contributed by atoms with Crippen molar-refractivity contribution >= 4 is 11.6 Å². The van der Waals surface area contributed by atoms with Crippen molar-refractivity contribution in [1.82, 2.24) is 9.88 Å². The molecule has 0 aliphatic heterocycles. The van der Waals surface area contributed by atoms with Crippen molar-refractivity contribution in [2.24, 2.45) is 0 Å². The van der Waals surface area contributed by atoms with Gasteiger partial charge in [0.15, 0.2) is 0 Å². The van der Waals surface area contributed by atoms with E-state index in [9.17, 15) is 14.9 Å². The van der Waals surface area contributed by atoms with Crippen LogP contribution in [0.15, 0.2) is 12.3 Å². The Hall–Kier alpha value is -1.89. The van der Waals surface area contributed by atoms with Gasteiger partial charge in [-0.25, -0.2) is 0 Å². The van der Waals surface area contributed by atoms with E-state index in [0.29, 0.717) is 6.54 Å². The average molecular weight is 227 g/mol. The minimum Gasteiger partial charge on any atom is -0.395 e. The number of nitro groups is 1. The maximum atomic E-state index is 11.6.